The highest BCUT2D eigenvalue weighted by Gasteiger charge is 2.38. The summed E-state index contributed by atoms with van der Waals surface area (Å²) < 4.78 is 7.51. The third kappa shape index (κ3) is 3.28. The van der Waals surface area contributed by atoms with E-state index in [9.17, 15) is 10.1 Å². The van der Waals surface area contributed by atoms with E-state index >= 15 is 0 Å². The van der Waals surface area contributed by atoms with Gasteiger partial charge in [-0.05, 0) is 25.0 Å². The fourth-order valence-corrected chi connectivity index (χ4v) is 3.42. The summed E-state index contributed by atoms with van der Waals surface area (Å²) in [5.74, 6) is 0.991. The third-order valence-electron chi connectivity index (χ3n) is 4.90. The van der Waals surface area contributed by atoms with E-state index in [0.717, 1.165) is 19.4 Å². The van der Waals surface area contributed by atoms with Gasteiger partial charge in [-0.2, -0.15) is 10.4 Å². The number of carbonyl (C=O) groups excluding carboxylic acids is 1. The van der Waals surface area contributed by atoms with Crippen LogP contribution in [0.2, 0.25) is 0 Å². The molecule has 0 N–H and O–H groups in total. The molecule has 1 aliphatic carbocycles. The number of carbonyl (C=O) groups is 1. The molecule has 1 atom stereocenters. The first-order valence-corrected chi connectivity index (χ1v) is 8.86. The Morgan fingerprint density at radius 3 is 2.81 bits per heavy atom. The first-order chi connectivity index (χ1) is 12.7. The van der Waals surface area contributed by atoms with E-state index in [1.54, 1.807) is 34.1 Å². The van der Waals surface area contributed by atoms with Crippen molar-refractivity contribution in [1.82, 2.24) is 19.6 Å². The first kappa shape index (κ1) is 16.6. The van der Waals surface area contributed by atoms with Crippen LogP contribution in [0.5, 0.6) is 11.5 Å². The maximum Gasteiger partial charge on any atom is 0.257 e. The highest BCUT2D eigenvalue weighted by molar-refractivity contribution is 5.97. The van der Waals surface area contributed by atoms with Crippen molar-refractivity contribution < 1.29 is 9.53 Å². The summed E-state index contributed by atoms with van der Waals surface area (Å²) in [5, 5.41) is 13.6. The zero-order valence-electron chi connectivity index (χ0n) is 14.7. The summed E-state index contributed by atoms with van der Waals surface area (Å²) in [4.78, 5) is 17.1. The Morgan fingerprint density at radius 1 is 1.31 bits per heavy atom. The van der Waals surface area contributed by atoms with Gasteiger partial charge in [0.05, 0.1) is 24.0 Å². The number of ether oxygens (including phenoxy) is 1. The normalized spacial score (nSPS) is 20.6. The number of rotatable bonds is 4. The molecule has 7 heteroatoms. The molecule has 1 aliphatic heterocycles. The number of hydrogen-bond donors (Lipinski definition) is 0. The van der Waals surface area contributed by atoms with Crippen LogP contribution in [-0.2, 0) is 7.05 Å². The number of piperazine rings is 1. The lowest BCUT2D eigenvalue weighted by molar-refractivity contribution is 0.0548. The fourth-order valence-electron chi connectivity index (χ4n) is 3.42. The van der Waals surface area contributed by atoms with Gasteiger partial charge in [-0.1, -0.05) is 12.1 Å². The standard InChI is InChI=1S/C19H21N5O2/c1-22-13-16(11-21-22)26-18-5-3-2-4-17(18)19(25)23-8-9-24(14-6-7-14)15(10-20)12-23/h2-5,11,13-15H,6-9,12H2,1H3. The molecule has 0 spiro atoms. The minimum Gasteiger partial charge on any atom is -0.453 e. The predicted octanol–water partition coefficient (Wildman–Crippen LogP) is 2.02. The van der Waals surface area contributed by atoms with Crippen molar-refractivity contribution in [2.24, 2.45) is 7.05 Å². The molecular formula is C19H21N5O2. The van der Waals surface area contributed by atoms with Crippen molar-refractivity contribution in [3.05, 3.63) is 42.2 Å². The zero-order valence-corrected chi connectivity index (χ0v) is 14.7. The van der Waals surface area contributed by atoms with Gasteiger partial charge >= 0.3 is 0 Å². The zero-order chi connectivity index (χ0) is 18.1. The Labute approximate surface area is 152 Å². The number of para-hydroxylation sites is 1. The van der Waals surface area contributed by atoms with E-state index in [1.165, 1.54) is 0 Å². The van der Waals surface area contributed by atoms with E-state index in [4.69, 9.17) is 4.74 Å². The van der Waals surface area contributed by atoms with Crippen LogP contribution in [0.3, 0.4) is 0 Å². The van der Waals surface area contributed by atoms with Gasteiger partial charge in [0.1, 0.15) is 11.8 Å². The lowest BCUT2D eigenvalue weighted by Crippen LogP contribution is -2.54. The van der Waals surface area contributed by atoms with Crippen molar-refractivity contribution >= 4 is 5.91 Å². The van der Waals surface area contributed by atoms with Gasteiger partial charge < -0.3 is 9.64 Å². The Kier molecular flexibility index (Phi) is 4.35. The van der Waals surface area contributed by atoms with Gasteiger partial charge in [-0.3, -0.25) is 14.4 Å². The van der Waals surface area contributed by atoms with Crippen LogP contribution in [0.1, 0.15) is 23.2 Å². The Bertz CT molecular complexity index is 852. The number of amides is 1. The van der Waals surface area contributed by atoms with Crippen LogP contribution in [-0.4, -0.2) is 57.2 Å². The molecule has 1 saturated carbocycles. The Balaban J connectivity index is 1.52. The lowest BCUT2D eigenvalue weighted by atomic mass is 10.1. The fraction of sp³-hybridized carbons (Fsp3) is 0.421. The smallest absolute Gasteiger partial charge is 0.257 e. The quantitative estimate of drug-likeness (QED) is 0.842. The van der Waals surface area contributed by atoms with Crippen LogP contribution in [0.25, 0.3) is 0 Å². The molecule has 7 nitrogen and oxygen atoms in total. The van der Waals surface area contributed by atoms with Crippen molar-refractivity contribution in [3.8, 4) is 17.6 Å². The average Bonchev–Trinajstić information content (AvgIpc) is 3.43. The number of nitriles is 1. The summed E-state index contributed by atoms with van der Waals surface area (Å²) in [6.07, 6.45) is 5.69. The molecule has 0 radical (unpaired) electrons. The molecule has 2 aromatic rings. The highest BCUT2D eigenvalue weighted by atomic mass is 16.5. The number of hydrogen-bond acceptors (Lipinski definition) is 5. The first-order valence-electron chi connectivity index (χ1n) is 8.86. The molecule has 2 heterocycles. The molecular weight excluding hydrogens is 330 g/mol. The minimum absolute atomic E-state index is 0.0970. The number of aryl methyl sites for hydroxylation is 1. The maximum atomic E-state index is 13.1. The summed E-state index contributed by atoms with van der Waals surface area (Å²) in [6.45, 7) is 1.82. The van der Waals surface area contributed by atoms with E-state index in [0.29, 0.717) is 36.2 Å². The largest absolute Gasteiger partial charge is 0.453 e. The highest BCUT2D eigenvalue weighted by Crippen LogP contribution is 2.31. The minimum atomic E-state index is -0.230. The molecule has 2 aliphatic rings. The molecule has 1 aromatic heterocycles. The van der Waals surface area contributed by atoms with E-state index < -0.39 is 0 Å². The van der Waals surface area contributed by atoms with E-state index in [1.807, 2.05) is 19.2 Å². The lowest BCUT2D eigenvalue weighted by Gasteiger charge is -2.38. The second-order valence-electron chi connectivity index (χ2n) is 6.81. The average molecular weight is 351 g/mol. The number of nitrogens with zero attached hydrogens (tertiary/aromatic N) is 5. The Hall–Kier alpha value is -2.85. The summed E-state index contributed by atoms with van der Waals surface area (Å²) in [5.41, 5.74) is 0.507. The second kappa shape index (κ2) is 6.81. The van der Waals surface area contributed by atoms with Crippen LogP contribution >= 0.6 is 0 Å². The van der Waals surface area contributed by atoms with Crippen molar-refractivity contribution in [2.75, 3.05) is 19.6 Å². The number of benzene rings is 1. The molecule has 1 unspecified atom stereocenters. The van der Waals surface area contributed by atoms with Crippen LogP contribution in [0, 0.1) is 11.3 Å². The summed E-state index contributed by atoms with van der Waals surface area (Å²) >= 11 is 0. The molecule has 1 amide bonds. The van der Waals surface area contributed by atoms with Gasteiger partial charge in [0, 0.05) is 32.7 Å². The maximum absolute atomic E-state index is 13.1. The Morgan fingerprint density at radius 2 is 2.12 bits per heavy atom. The van der Waals surface area contributed by atoms with Gasteiger partial charge in [0.2, 0.25) is 0 Å². The van der Waals surface area contributed by atoms with Crippen LogP contribution in [0.4, 0.5) is 0 Å². The van der Waals surface area contributed by atoms with Gasteiger partial charge in [-0.25, -0.2) is 0 Å². The molecule has 134 valence electrons. The van der Waals surface area contributed by atoms with Crippen LogP contribution in [0.15, 0.2) is 36.7 Å². The van der Waals surface area contributed by atoms with E-state index in [-0.39, 0.29) is 11.9 Å². The molecule has 26 heavy (non-hydrogen) atoms. The van der Waals surface area contributed by atoms with Gasteiger partial charge in [-0.15, -0.1) is 0 Å². The van der Waals surface area contributed by atoms with Crippen LogP contribution < -0.4 is 4.74 Å². The topological polar surface area (TPSA) is 74.4 Å². The van der Waals surface area contributed by atoms with Crippen molar-refractivity contribution in [2.45, 2.75) is 24.9 Å². The summed E-state index contributed by atoms with van der Waals surface area (Å²) in [6, 6.07) is 9.87. The molecule has 0 bridgehead atoms. The van der Waals surface area contributed by atoms with Gasteiger partial charge in [0.15, 0.2) is 5.75 Å². The number of aromatic nitrogens is 2. The van der Waals surface area contributed by atoms with Crippen molar-refractivity contribution in [3.63, 3.8) is 0 Å². The third-order valence-corrected chi connectivity index (χ3v) is 4.90. The molecule has 1 saturated heterocycles. The monoisotopic (exact) mass is 351 g/mol. The molecule has 4 rings (SSSR count). The SMILES string of the molecule is Cn1cc(Oc2ccccc2C(=O)N2CCN(C3CC3)C(C#N)C2)cn1. The van der Waals surface area contributed by atoms with E-state index in [2.05, 4.69) is 16.1 Å². The molecule has 2 fully saturated rings. The summed E-state index contributed by atoms with van der Waals surface area (Å²) in [7, 11) is 1.81. The van der Waals surface area contributed by atoms with Crippen molar-refractivity contribution in [1.29, 1.82) is 5.26 Å². The second-order valence-corrected chi connectivity index (χ2v) is 6.81. The molecule has 1 aromatic carbocycles. The predicted molar refractivity (Wildman–Crippen MR) is 94.8 cm³/mol. The van der Waals surface area contributed by atoms with Gasteiger partial charge in [0.25, 0.3) is 5.91 Å².